The summed E-state index contributed by atoms with van der Waals surface area (Å²) in [5.74, 6) is 4.40. The van der Waals surface area contributed by atoms with Crippen molar-refractivity contribution in [3.63, 3.8) is 0 Å². The monoisotopic (exact) mass is 400 g/mol. The summed E-state index contributed by atoms with van der Waals surface area (Å²) in [6.45, 7) is 9.38. The minimum absolute atomic E-state index is 0. The van der Waals surface area contributed by atoms with Crippen LogP contribution < -0.4 is 56.5 Å². The Hall–Kier alpha value is 1.11. The van der Waals surface area contributed by atoms with E-state index in [1.54, 1.807) is 51.4 Å². The molecule has 4 fully saturated rings. The molecule has 0 heterocycles. The predicted octanol–water partition coefficient (Wildman–Crippen LogP) is 2.60. The minimum atomic E-state index is -0.995. The van der Waals surface area contributed by atoms with E-state index in [4.69, 9.17) is 0 Å². The molecule has 0 aromatic heterocycles. The molecule has 0 spiro atoms. The molecule has 0 aromatic rings. The van der Waals surface area contributed by atoms with E-state index in [0.717, 1.165) is 35.0 Å². The third-order valence-electron chi connectivity index (χ3n) is 9.56. The van der Waals surface area contributed by atoms with Gasteiger partial charge < -0.3 is 9.90 Å². The molecule has 150 valence electrons. The van der Waals surface area contributed by atoms with Crippen molar-refractivity contribution in [2.45, 2.75) is 105 Å². The first-order chi connectivity index (χ1) is 12.4. The fourth-order valence-corrected chi connectivity index (χ4v) is 8.07. The molecule has 4 rings (SSSR count). The molecule has 0 saturated heterocycles. The van der Waals surface area contributed by atoms with E-state index < -0.39 is 5.97 Å². The summed E-state index contributed by atoms with van der Waals surface area (Å²) in [5, 5.41) is 9.26. The Kier molecular flexibility index (Phi) is 8.98. The first kappa shape index (κ1) is 24.4. The normalized spacial score (nSPS) is 45.3. The Morgan fingerprint density at radius 2 is 1.56 bits per heavy atom. The smallest absolute Gasteiger partial charge is 0.550 e. The Labute approximate surface area is 210 Å². The van der Waals surface area contributed by atoms with E-state index in [1.165, 1.54) is 26.2 Å². The molecule has 0 radical (unpaired) electrons. The zero-order chi connectivity index (χ0) is 18.9. The van der Waals surface area contributed by atoms with Gasteiger partial charge in [0.05, 0.1) is 0 Å². The van der Waals surface area contributed by atoms with Crippen LogP contribution in [0.15, 0.2) is 0 Å². The Balaban J connectivity index is 0.000000390. The summed E-state index contributed by atoms with van der Waals surface area (Å²) in [6.07, 6.45) is 17.1. The van der Waals surface area contributed by atoms with Crippen LogP contribution in [-0.2, 0) is 4.79 Å². The third kappa shape index (κ3) is 4.58. The van der Waals surface area contributed by atoms with E-state index in [-0.39, 0.29) is 57.8 Å². The van der Waals surface area contributed by atoms with E-state index in [2.05, 4.69) is 20.8 Å². The van der Waals surface area contributed by atoms with Gasteiger partial charge in [-0.05, 0) is 98.2 Å². The molecule has 0 amide bonds. The van der Waals surface area contributed by atoms with Crippen LogP contribution >= 0.6 is 0 Å². The summed E-state index contributed by atoms with van der Waals surface area (Å²) in [7, 11) is 0. The summed E-state index contributed by atoms with van der Waals surface area (Å²) >= 11 is 0. The van der Waals surface area contributed by atoms with Gasteiger partial charge >= 0.3 is 51.4 Å². The molecule has 0 N–H and O–H groups in total. The van der Waals surface area contributed by atoms with Crippen molar-refractivity contribution in [3.8, 4) is 0 Å². The molecule has 0 aliphatic heterocycles. The minimum Gasteiger partial charge on any atom is -0.550 e. The number of carboxylic acid groups (broad SMARTS) is 1. The number of carbonyl (C=O) groups is 1. The van der Waals surface area contributed by atoms with Crippen LogP contribution in [0.5, 0.6) is 0 Å². The fraction of sp³-hybridized carbons (Fsp3) is 0.958. The molecular formula is C24H41KO2. The number of carbonyl (C=O) groups excluding carboxylic acids is 1. The second-order valence-electron chi connectivity index (χ2n) is 10.4. The molecule has 4 aliphatic carbocycles. The number of aliphatic carboxylic acids is 1. The second kappa shape index (κ2) is 9.94. The van der Waals surface area contributed by atoms with Gasteiger partial charge in [-0.2, -0.15) is 0 Å². The van der Waals surface area contributed by atoms with Crippen molar-refractivity contribution in [3.05, 3.63) is 0 Å². The van der Waals surface area contributed by atoms with Gasteiger partial charge in [0.25, 0.3) is 0 Å². The topological polar surface area (TPSA) is 40.1 Å². The average Bonchev–Trinajstić information content (AvgIpc) is 2.98. The van der Waals surface area contributed by atoms with Crippen molar-refractivity contribution in [1.29, 1.82) is 0 Å². The van der Waals surface area contributed by atoms with Gasteiger partial charge in [-0.3, -0.25) is 0 Å². The zero-order valence-corrected chi connectivity index (χ0v) is 21.8. The van der Waals surface area contributed by atoms with Crippen LogP contribution in [0.4, 0.5) is 0 Å². The van der Waals surface area contributed by atoms with E-state index in [0.29, 0.717) is 5.41 Å². The van der Waals surface area contributed by atoms with Crippen LogP contribution in [0.1, 0.15) is 105 Å². The summed E-state index contributed by atoms with van der Waals surface area (Å²) in [4.78, 5) is 9.26. The molecule has 4 aliphatic rings. The second-order valence-corrected chi connectivity index (χ2v) is 10.4. The van der Waals surface area contributed by atoms with Gasteiger partial charge in [0.15, 0.2) is 0 Å². The summed E-state index contributed by atoms with van der Waals surface area (Å²) < 4.78 is 0. The van der Waals surface area contributed by atoms with Crippen LogP contribution in [0.3, 0.4) is 0 Å². The van der Waals surface area contributed by atoms with Crippen molar-refractivity contribution >= 4 is 5.97 Å². The van der Waals surface area contributed by atoms with Crippen LogP contribution in [0, 0.1) is 40.4 Å². The SMILES string of the molecule is CCC(=O)[O-].CC[C@H]1CC[C@H]2[C@@H]3CC[C@@H]4CCCC[C@]4(C)[C@H]3CC[C@]12C.[K+]. The maximum atomic E-state index is 9.26. The van der Waals surface area contributed by atoms with Crippen LogP contribution in [-0.4, -0.2) is 5.97 Å². The molecule has 0 bridgehead atoms. The Bertz CT molecular complexity index is 507. The first-order valence-corrected chi connectivity index (χ1v) is 11.6. The Morgan fingerprint density at radius 1 is 0.889 bits per heavy atom. The van der Waals surface area contributed by atoms with E-state index in [1.807, 2.05) is 0 Å². The molecule has 27 heavy (non-hydrogen) atoms. The van der Waals surface area contributed by atoms with Crippen LogP contribution in [0.25, 0.3) is 0 Å². The molecule has 0 aromatic carbocycles. The maximum Gasteiger partial charge on any atom is 1.00 e. The van der Waals surface area contributed by atoms with Gasteiger partial charge in [0.1, 0.15) is 0 Å². The fourth-order valence-electron chi connectivity index (χ4n) is 8.07. The van der Waals surface area contributed by atoms with E-state index in [9.17, 15) is 9.90 Å². The van der Waals surface area contributed by atoms with Crippen molar-refractivity contribution in [2.75, 3.05) is 0 Å². The average molecular weight is 401 g/mol. The van der Waals surface area contributed by atoms with Gasteiger partial charge in [0.2, 0.25) is 0 Å². The first-order valence-electron chi connectivity index (χ1n) is 11.6. The van der Waals surface area contributed by atoms with Gasteiger partial charge in [0, 0.05) is 5.97 Å². The largest absolute Gasteiger partial charge is 1.00 e. The number of rotatable bonds is 2. The predicted molar refractivity (Wildman–Crippen MR) is 105 cm³/mol. The van der Waals surface area contributed by atoms with Crippen molar-refractivity contribution in [1.82, 2.24) is 0 Å². The van der Waals surface area contributed by atoms with Gasteiger partial charge in [-0.15, -0.1) is 0 Å². The maximum absolute atomic E-state index is 9.26. The van der Waals surface area contributed by atoms with E-state index >= 15 is 0 Å². The standard InChI is InChI=1S/C21H36.C3H6O2.K/c1-4-15-9-11-18-17-10-8-16-7-5-6-13-20(16,2)19(17)12-14-21(15,18)3;1-2-3(4)5;/h15-19H,4-14H2,1-3H3;2H2,1H3,(H,4,5);/q;;+1/p-1/t15-,16-,17-,18-,19-,20-,21+;;/m0../s1. The molecule has 0 unspecified atom stereocenters. The quantitative estimate of drug-likeness (QED) is 0.669. The molecule has 3 heteroatoms. The summed E-state index contributed by atoms with van der Waals surface area (Å²) in [6, 6.07) is 0. The molecule has 2 nitrogen and oxygen atoms in total. The number of hydrogen-bond donors (Lipinski definition) is 0. The number of hydrogen-bond acceptors (Lipinski definition) is 2. The zero-order valence-electron chi connectivity index (χ0n) is 18.7. The van der Waals surface area contributed by atoms with Crippen molar-refractivity contribution < 1.29 is 61.3 Å². The third-order valence-corrected chi connectivity index (χ3v) is 9.56. The van der Waals surface area contributed by atoms with Crippen molar-refractivity contribution in [2.24, 2.45) is 40.4 Å². The van der Waals surface area contributed by atoms with Gasteiger partial charge in [-0.1, -0.05) is 47.0 Å². The van der Waals surface area contributed by atoms with Crippen LogP contribution in [0.2, 0.25) is 0 Å². The molecule has 7 atom stereocenters. The van der Waals surface area contributed by atoms with Gasteiger partial charge in [-0.25, -0.2) is 0 Å². The molecule has 4 saturated carbocycles. The number of carboxylic acids is 1. The number of fused-ring (bicyclic) bond motifs is 5. The Morgan fingerprint density at radius 3 is 2.19 bits per heavy atom. The summed E-state index contributed by atoms with van der Waals surface area (Å²) in [5.41, 5.74) is 1.45. The molecular weight excluding hydrogens is 359 g/mol.